The van der Waals surface area contributed by atoms with Gasteiger partial charge in [-0.05, 0) is 20.9 Å². The minimum atomic E-state index is 0.0534. The summed E-state index contributed by atoms with van der Waals surface area (Å²) in [5.41, 5.74) is 8.61. The first-order chi connectivity index (χ1) is 8.86. The van der Waals surface area contributed by atoms with E-state index in [0.29, 0.717) is 0 Å². The molecule has 1 aromatic rings. The fraction of sp³-hybridized carbons (Fsp3) is 0.571. The van der Waals surface area contributed by atoms with Crippen LogP contribution in [-0.2, 0) is 6.54 Å². The third-order valence-electron chi connectivity index (χ3n) is 3.29. The first kappa shape index (κ1) is 15.4. The Kier molecular flexibility index (Phi) is 5.30. The summed E-state index contributed by atoms with van der Waals surface area (Å²) in [5.74, 6) is 1.17. The number of methoxy groups -OCH3 is 1. The van der Waals surface area contributed by atoms with Gasteiger partial charge in [0.05, 0.1) is 18.6 Å². The molecule has 1 aromatic heterocycles. The van der Waals surface area contributed by atoms with Gasteiger partial charge in [0, 0.05) is 36.3 Å². The van der Waals surface area contributed by atoms with Crippen molar-refractivity contribution in [3.63, 3.8) is 0 Å². The number of nitrogens with one attached hydrogen (secondary N) is 1. The van der Waals surface area contributed by atoms with E-state index in [2.05, 4.69) is 9.88 Å². The van der Waals surface area contributed by atoms with Crippen LogP contribution < -0.4 is 10.5 Å². The monoisotopic (exact) mass is 264 g/mol. The van der Waals surface area contributed by atoms with Gasteiger partial charge >= 0.3 is 0 Å². The summed E-state index contributed by atoms with van der Waals surface area (Å²) in [7, 11) is 3.69. The second-order valence-electron chi connectivity index (χ2n) is 5.10. The average Bonchev–Trinajstić information content (AvgIpc) is 2.33. The van der Waals surface area contributed by atoms with Crippen LogP contribution in [0.4, 0.5) is 0 Å². The molecule has 106 valence electrons. The molecule has 0 aliphatic heterocycles. The number of hydrogen-bond acceptors (Lipinski definition) is 4. The zero-order chi connectivity index (χ0) is 14.6. The summed E-state index contributed by atoms with van der Waals surface area (Å²) >= 11 is 0. The van der Waals surface area contributed by atoms with E-state index < -0.39 is 0 Å². The molecule has 0 aliphatic rings. The van der Waals surface area contributed by atoms with Crippen molar-refractivity contribution in [2.24, 2.45) is 11.7 Å². The number of nitrogens with two attached hydrogens (primary N) is 1. The maximum atomic E-state index is 7.42. The highest BCUT2D eigenvalue weighted by atomic mass is 16.5. The first-order valence-electron chi connectivity index (χ1n) is 6.38. The van der Waals surface area contributed by atoms with Crippen molar-refractivity contribution < 1.29 is 4.74 Å². The van der Waals surface area contributed by atoms with Crippen LogP contribution in [0.3, 0.4) is 0 Å². The van der Waals surface area contributed by atoms with Crippen LogP contribution >= 0.6 is 0 Å². The molecule has 1 unspecified atom stereocenters. The quantitative estimate of drug-likeness (QED) is 0.606. The van der Waals surface area contributed by atoms with E-state index in [9.17, 15) is 0 Å². The van der Waals surface area contributed by atoms with Gasteiger partial charge in [-0.25, -0.2) is 0 Å². The molecule has 19 heavy (non-hydrogen) atoms. The minimum Gasteiger partial charge on any atom is -0.496 e. The minimum absolute atomic E-state index is 0.0534. The Labute approximate surface area is 115 Å². The molecular formula is C14H24N4O. The number of aryl methyl sites for hydroxylation is 1. The molecule has 0 bridgehead atoms. The van der Waals surface area contributed by atoms with Gasteiger partial charge in [0.15, 0.2) is 0 Å². The summed E-state index contributed by atoms with van der Waals surface area (Å²) in [5, 5.41) is 7.42. The van der Waals surface area contributed by atoms with E-state index in [1.54, 1.807) is 7.11 Å². The molecule has 0 radical (unpaired) electrons. The van der Waals surface area contributed by atoms with Gasteiger partial charge < -0.3 is 10.5 Å². The number of hydrogen-bond donors (Lipinski definition) is 2. The molecule has 0 amide bonds. The first-order valence-corrected chi connectivity index (χ1v) is 6.38. The summed E-state index contributed by atoms with van der Waals surface area (Å²) in [4.78, 5) is 6.59. The second kappa shape index (κ2) is 6.52. The summed E-state index contributed by atoms with van der Waals surface area (Å²) in [6, 6.07) is 0. The highest BCUT2D eigenvalue weighted by Crippen LogP contribution is 2.24. The standard InChI is InChI=1S/C14H24N4O/c1-9-6-17-12(11(3)13(9)19-5)8-18(4)7-10(2)14(15)16/h6,10H,7-8H2,1-5H3,(H3,15,16). The number of pyridine rings is 1. The Hall–Kier alpha value is -1.62. The maximum absolute atomic E-state index is 7.42. The van der Waals surface area contributed by atoms with Gasteiger partial charge in [-0.1, -0.05) is 6.92 Å². The van der Waals surface area contributed by atoms with Crippen molar-refractivity contribution in [1.82, 2.24) is 9.88 Å². The molecular weight excluding hydrogens is 240 g/mol. The average molecular weight is 264 g/mol. The molecule has 1 heterocycles. The van der Waals surface area contributed by atoms with Crippen molar-refractivity contribution >= 4 is 5.84 Å². The third-order valence-corrected chi connectivity index (χ3v) is 3.29. The predicted octanol–water partition coefficient (Wildman–Crippen LogP) is 1.71. The Morgan fingerprint density at radius 3 is 2.68 bits per heavy atom. The predicted molar refractivity (Wildman–Crippen MR) is 77.7 cm³/mol. The van der Waals surface area contributed by atoms with E-state index in [1.807, 2.05) is 34.0 Å². The fourth-order valence-electron chi connectivity index (χ4n) is 2.12. The molecule has 1 rings (SSSR count). The van der Waals surface area contributed by atoms with Gasteiger partial charge in [-0.2, -0.15) is 0 Å². The molecule has 0 spiro atoms. The Balaban J connectivity index is 2.80. The second-order valence-corrected chi connectivity index (χ2v) is 5.10. The number of rotatable bonds is 6. The SMILES string of the molecule is COc1c(C)cnc(CN(C)CC(C)C(=N)N)c1C. The summed E-state index contributed by atoms with van der Waals surface area (Å²) < 4.78 is 5.40. The van der Waals surface area contributed by atoms with E-state index in [-0.39, 0.29) is 11.8 Å². The normalized spacial score (nSPS) is 12.5. The van der Waals surface area contributed by atoms with E-state index in [1.165, 1.54) is 0 Å². The molecule has 3 N–H and O–H groups in total. The van der Waals surface area contributed by atoms with E-state index in [4.69, 9.17) is 15.9 Å². The number of aromatic nitrogens is 1. The summed E-state index contributed by atoms with van der Waals surface area (Å²) in [6.45, 7) is 7.43. The van der Waals surface area contributed by atoms with Crippen LogP contribution in [0.1, 0.15) is 23.7 Å². The number of amidine groups is 1. The van der Waals surface area contributed by atoms with Crippen molar-refractivity contribution in [3.8, 4) is 5.75 Å². The Morgan fingerprint density at radius 1 is 1.53 bits per heavy atom. The van der Waals surface area contributed by atoms with Crippen LogP contribution in [0.15, 0.2) is 6.20 Å². The van der Waals surface area contributed by atoms with Crippen molar-refractivity contribution in [3.05, 3.63) is 23.0 Å². The van der Waals surface area contributed by atoms with Gasteiger partial charge in [0.1, 0.15) is 5.75 Å². The lowest BCUT2D eigenvalue weighted by atomic mass is 10.1. The molecule has 0 saturated heterocycles. The van der Waals surface area contributed by atoms with Crippen LogP contribution in [-0.4, -0.2) is 36.4 Å². The largest absolute Gasteiger partial charge is 0.496 e. The third kappa shape index (κ3) is 3.92. The highest BCUT2D eigenvalue weighted by molar-refractivity contribution is 5.79. The van der Waals surface area contributed by atoms with Crippen LogP contribution in [0.5, 0.6) is 5.75 Å². The van der Waals surface area contributed by atoms with E-state index >= 15 is 0 Å². The maximum Gasteiger partial charge on any atom is 0.128 e. The molecule has 0 aromatic carbocycles. The lowest BCUT2D eigenvalue weighted by Gasteiger charge is -2.21. The zero-order valence-corrected chi connectivity index (χ0v) is 12.4. The number of nitrogens with zero attached hydrogens (tertiary/aromatic N) is 2. The van der Waals surface area contributed by atoms with Gasteiger partial charge in [-0.3, -0.25) is 15.3 Å². The van der Waals surface area contributed by atoms with Crippen LogP contribution in [0, 0.1) is 25.2 Å². The van der Waals surface area contributed by atoms with Gasteiger partial charge in [0.25, 0.3) is 0 Å². The zero-order valence-electron chi connectivity index (χ0n) is 12.4. The molecule has 0 saturated carbocycles. The molecule has 5 nitrogen and oxygen atoms in total. The van der Waals surface area contributed by atoms with E-state index in [0.717, 1.165) is 35.7 Å². The smallest absolute Gasteiger partial charge is 0.128 e. The molecule has 0 aliphatic carbocycles. The van der Waals surface area contributed by atoms with Crippen LogP contribution in [0.2, 0.25) is 0 Å². The van der Waals surface area contributed by atoms with Gasteiger partial charge in [-0.15, -0.1) is 0 Å². The van der Waals surface area contributed by atoms with Crippen LogP contribution in [0.25, 0.3) is 0 Å². The van der Waals surface area contributed by atoms with Crippen molar-refractivity contribution in [1.29, 1.82) is 5.41 Å². The molecule has 0 fully saturated rings. The summed E-state index contributed by atoms with van der Waals surface area (Å²) in [6.07, 6.45) is 1.84. The highest BCUT2D eigenvalue weighted by Gasteiger charge is 2.13. The Morgan fingerprint density at radius 2 is 2.16 bits per heavy atom. The lowest BCUT2D eigenvalue weighted by molar-refractivity contribution is 0.301. The molecule has 1 atom stereocenters. The number of ether oxygens (including phenoxy) is 1. The fourth-order valence-corrected chi connectivity index (χ4v) is 2.12. The van der Waals surface area contributed by atoms with Crippen molar-refractivity contribution in [2.45, 2.75) is 27.3 Å². The Bertz CT molecular complexity index is 459. The molecule has 5 heteroatoms. The van der Waals surface area contributed by atoms with Crippen molar-refractivity contribution in [2.75, 3.05) is 20.7 Å². The van der Waals surface area contributed by atoms with Gasteiger partial charge in [0.2, 0.25) is 0 Å². The topological polar surface area (TPSA) is 75.2 Å². The lowest BCUT2D eigenvalue weighted by Crippen LogP contribution is -2.32.